The van der Waals surface area contributed by atoms with Gasteiger partial charge in [-0.25, -0.2) is 15.0 Å². The predicted octanol–water partition coefficient (Wildman–Crippen LogP) is 11.6. The van der Waals surface area contributed by atoms with Crippen LogP contribution in [0.25, 0.3) is 67.8 Å². The predicted molar refractivity (Wildman–Crippen MR) is 217 cm³/mol. The Morgan fingerprint density at radius 3 is 2.06 bits per heavy atom. The minimum absolute atomic E-state index is 0.249. The summed E-state index contributed by atoms with van der Waals surface area (Å²) in [5.41, 5.74) is 15.5. The molecule has 0 N–H and O–H groups in total. The lowest BCUT2D eigenvalue weighted by Crippen LogP contribution is -2.24. The van der Waals surface area contributed by atoms with Crippen molar-refractivity contribution in [1.82, 2.24) is 19.5 Å². The van der Waals surface area contributed by atoms with Crippen molar-refractivity contribution in [3.05, 3.63) is 179 Å². The highest BCUT2D eigenvalue weighted by Crippen LogP contribution is 2.54. The first-order valence-electron chi connectivity index (χ1n) is 18.2. The molecule has 6 heteroatoms. The Labute approximate surface area is 312 Å². The van der Waals surface area contributed by atoms with Crippen molar-refractivity contribution in [2.24, 2.45) is 5.92 Å². The Bertz CT molecular complexity index is 2710. The average molecular weight is 702 g/mol. The number of benzene rings is 5. The Kier molecular flexibility index (Phi) is 6.80. The Morgan fingerprint density at radius 1 is 0.642 bits per heavy atom. The highest BCUT2D eigenvalue weighted by molar-refractivity contribution is 6.31. The molecular formula is C47H32ClN5. The van der Waals surface area contributed by atoms with Gasteiger partial charge in [0.1, 0.15) is 0 Å². The summed E-state index contributed by atoms with van der Waals surface area (Å²) in [5, 5.41) is 1.95. The third-order valence-corrected chi connectivity index (χ3v) is 11.2. The quantitative estimate of drug-likeness (QED) is 0.183. The van der Waals surface area contributed by atoms with Gasteiger partial charge in [-0.2, -0.15) is 0 Å². The summed E-state index contributed by atoms with van der Waals surface area (Å²) < 4.78 is 2.43. The largest absolute Gasteiger partial charge is 0.313 e. The fraction of sp³-hybridized carbons (Fsp3) is 0.0851. The monoisotopic (exact) mass is 701 g/mol. The third-order valence-electron chi connectivity index (χ3n) is 11.0. The number of allylic oxidation sites excluding steroid dienone is 5. The molecule has 7 aromatic rings. The van der Waals surface area contributed by atoms with Crippen LogP contribution in [0.5, 0.6) is 0 Å². The maximum Gasteiger partial charge on any atom is 0.164 e. The molecule has 1 atom stereocenters. The first-order valence-corrected chi connectivity index (χ1v) is 18.6. The molecule has 2 aliphatic heterocycles. The van der Waals surface area contributed by atoms with E-state index in [4.69, 9.17) is 26.6 Å². The number of nitrogens with zero attached hydrogens (tertiary/aromatic N) is 5. The van der Waals surface area contributed by atoms with E-state index in [1.54, 1.807) is 0 Å². The van der Waals surface area contributed by atoms with Crippen molar-refractivity contribution in [1.29, 1.82) is 0 Å². The molecule has 5 nitrogen and oxygen atoms in total. The smallest absolute Gasteiger partial charge is 0.164 e. The van der Waals surface area contributed by atoms with Crippen LogP contribution in [0.1, 0.15) is 35.5 Å². The number of para-hydroxylation sites is 1. The molecule has 0 saturated carbocycles. The molecule has 5 aromatic carbocycles. The molecule has 2 aromatic heterocycles. The van der Waals surface area contributed by atoms with Crippen LogP contribution in [0.3, 0.4) is 0 Å². The first kappa shape index (κ1) is 30.3. The van der Waals surface area contributed by atoms with Crippen LogP contribution in [0, 0.1) is 5.92 Å². The van der Waals surface area contributed by atoms with Gasteiger partial charge in [0.15, 0.2) is 17.5 Å². The Morgan fingerprint density at radius 2 is 1.30 bits per heavy atom. The lowest BCUT2D eigenvalue weighted by atomic mass is 9.89. The van der Waals surface area contributed by atoms with E-state index in [0.29, 0.717) is 17.5 Å². The summed E-state index contributed by atoms with van der Waals surface area (Å²) in [5.74, 6) is 2.31. The van der Waals surface area contributed by atoms with Crippen LogP contribution >= 0.6 is 11.6 Å². The lowest BCUT2D eigenvalue weighted by molar-refractivity contribution is 0.756. The summed E-state index contributed by atoms with van der Waals surface area (Å²) in [6.07, 6.45) is 12.1. The van der Waals surface area contributed by atoms with Gasteiger partial charge in [0.25, 0.3) is 0 Å². The molecule has 0 radical (unpaired) electrons. The first-order chi connectivity index (χ1) is 26.2. The zero-order valence-electron chi connectivity index (χ0n) is 28.7. The molecule has 0 bridgehead atoms. The van der Waals surface area contributed by atoms with E-state index in [-0.39, 0.29) is 5.92 Å². The van der Waals surface area contributed by atoms with Crippen LogP contribution < -0.4 is 4.90 Å². The minimum atomic E-state index is 0.249. The second-order valence-corrected chi connectivity index (χ2v) is 14.5. The highest BCUT2D eigenvalue weighted by Gasteiger charge is 2.39. The van der Waals surface area contributed by atoms with Crippen molar-refractivity contribution < 1.29 is 0 Å². The van der Waals surface area contributed by atoms with Gasteiger partial charge in [-0.1, -0.05) is 127 Å². The number of rotatable bonds is 4. The molecular weight excluding hydrogens is 670 g/mol. The minimum Gasteiger partial charge on any atom is -0.313 e. The summed E-state index contributed by atoms with van der Waals surface area (Å²) in [4.78, 5) is 17.6. The summed E-state index contributed by atoms with van der Waals surface area (Å²) in [7, 11) is 0. The number of fused-ring (bicyclic) bond motifs is 11. The van der Waals surface area contributed by atoms with Gasteiger partial charge < -0.3 is 9.47 Å². The number of hydrogen-bond acceptors (Lipinski definition) is 4. The van der Waals surface area contributed by atoms with Crippen molar-refractivity contribution in [3.8, 4) is 33.9 Å². The number of anilines is 1. The summed E-state index contributed by atoms with van der Waals surface area (Å²) in [6, 6.07) is 44.3. The molecule has 0 amide bonds. The normalized spacial score (nSPS) is 16.8. The zero-order chi connectivity index (χ0) is 35.0. The van der Waals surface area contributed by atoms with Gasteiger partial charge in [-0.05, 0) is 72.4 Å². The highest BCUT2D eigenvalue weighted by atomic mass is 35.5. The molecule has 0 spiro atoms. The molecule has 4 aliphatic rings. The second kappa shape index (κ2) is 11.9. The molecule has 0 fully saturated rings. The fourth-order valence-electron chi connectivity index (χ4n) is 8.63. The van der Waals surface area contributed by atoms with E-state index in [2.05, 4.69) is 119 Å². The van der Waals surface area contributed by atoms with E-state index < -0.39 is 0 Å². The number of halogens is 1. The van der Waals surface area contributed by atoms with Crippen molar-refractivity contribution >= 4 is 51.2 Å². The number of aromatic nitrogens is 4. The average Bonchev–Trinajstić information content (AvgIpc) is 3.76. The summed E-state index contributed by atoms with van der Waals surface area (Å²) >= 11 is 6.72. The molecule has 11 rings (SSSR count). The molecule has 53 heavy (non-hydrogen) atoms. The maximum absolute atomic E-state index is 6.72. The van der Waals surface area contributed by atoms with Crippen LogP contribution in [0.2, 0.25) is 5.02 Å². The maximum atomic E-state index is 6.72. The standard InChI is InChI=1S/C47H32ClN5/c48-33-22-23-41-39(27-33)38-25-32-26-43-37-20-8-7-18-35(37)36-19-9-10-21-40(36)53(43)42(32)28-44(38)52(41)34-17-11-16-31(24-34)47-50-45(29-12-3-1-4-13-29)49-46(51-47)30-14-5-2-6-15-30/h1-10,12-15,17-24,26-28,32H,11,16,25H2/t32-/m0/s1. The van der Waals surface area contributed by atoms with E-state index in [9.17, 15) is 0 Å². The lowest BCUT2D eigenvalue weighted by Gasteiger charge is -2.34. The van der Waals surface area contributed by atoms with E-state index >= 15 is 0 Å². The van der Waals surface area contributed by atoms with E-state index in [0.717, 1.165) is 52.2 Å². The third kappa shape index (κ3) is 4.81. The molecule has 4 heterocycles. The summed E-state index contributed by atoms with van der Waals surface area (Å²) in [6.45, 7) is 0. The SMILES string of the molecule is Clc1ccc2c(c1)c1c(n2C2=CCCC(c3nc(-c4ccccc4)nc(-c4ccccc4)n3)=C2)C=C2[C@H](C=C3c4ccccc4-c4ccccc4N32)C1. The van der Waals surface area contributed by atoms with Crippen molar-refractivity contribution in [2.75, 3.05) is 4.90 Å². The van der Waals surface area contributed by atoms with Crippen LogP contribution in [0.4, 0.5) is 5.69 Å². The van der Waals surface area contributed by atoms with Gasteiger partial charge >= 0.3 is 0 Å². The second-order valence-electron chi connectivity index (χ2n) is 14.1. The van der Waals surface area contributed by atoms with Crippen molar-refractivity contribution in [2.45, 2.75) is 19.3 Å². The van der Waals surface area contributed by atoms with Crippen LogP contribution in [0.15, 0.2) is 151 Å². The molecule has 0 unspecified atom stereocenters. The van der Waals surface area contributed by atoms with E-state index in [1.165, 1.54) is 50.4 Å². The van der Waals surface area contributed by atoms with Gasteiger partial charge in [-0.3, -0.25) is 0 Å². The fourth-order valence-corrected chi connectivity index (χ4v) is 8.80. The van der Waals surface area contributed by atoms with Crippen LogP contribution in [-0.4, -0.2) is 19.5 Å². The van der Waals surface area contributed by atoms with Gasteiger partial charge in [0, 0.05) is 50.0 Å². The number of hydrogen-bond donors (Lipinski definition) is 0. The Hall–Kier alpha value is -6.30. The molecule has 0 saturated heterocycles. The van der Waals surface area contributed by atoms with E-state index in [1.807, 2.05) is 42.5 Å². The molecule has 252 valence electrons. The van der Waals surface area contributed by atoms with Crippen LogP contribution in [-0.2, 0) is 6.42 Å². The van der Waals surface area contributed by atoms with Gasteiger partial charge in [0.05, 0.1) is 22.6 Å². The Balaban J connectivity index is 1.07. The zero-order valence-corrected chi connectivity index (χ0v) is 29.5. The van der Waals surface area contributed by atoms with Crippen molar-refractivity contribution in [3.63, 3.8) is 0 Å². The van der Waals surface area contributed by atoms with Gasteiger partial charge in [-0.15, -0.1) is 0 Å². The topological polar surface area (TPSA) is 46.8 Å². The van der Waals surface area contributed by atoms with Gasteiger partial charge in [0.2, 0.25) is 0 Å². The molecule has 2 aliphatic carbocycles.